The third kappa shape index (κ3) is 2.72. The van der Waals surface area contributed by atoms with Crippen molar-refractivity contribution in [3.63, 3.8) is 0 Å². The Balaban J connectivity index is 2.14. The average molecular weight is 472 g/mol. The minimum Gasteiger partial charge on any atom is -0.456 e. The first-order valence-electron chi connectivity index (χ1n) is 5.85. The minimum atomic E-state index is 0.898. The fourth-order valence-electron chi connectivity index (χ4n) is 1.99. The summed E-state index contributed by atoms with van der Waals surface area (Å²) in [6.45, 7) is 0. The SMILES string of the molecule is Ic1ccccc1Oc1cccc2cccc(I)c12. The van der Waals surface area contributed by atoms with Gasteiger partial charge in [-0.1, -0.05) is 36.4 Å². The highest BCUT2D eigenvalue weighted by Crippen LogP contribution is 2.34. The van der Waals surface area contributed by atoms with Gasteiger partial charge < -0.3 is 4.74 Å². The monoisotopic (exact) mass is 472 g/mol. The van der Waals surface area contributed by atoms with E-state index in [4.69, 9.17) is 4.74 Å². The summed E-state index contributed by atoms with van der Waals surface area (Å²) in [6.07, 6.45) is 0. The molecule has 0 spiro atoms. The van der Waals surface area contributed by atoms with Crippen LogP contribution in [0.5, 0.6) is 11.5 Å². The van der Waals surface area contributed by atoms with Gasteiger partial charge in [-0.2, -0.15) is 0 Å². The zero-order valence-corrected chi connectivity index (χ0v) is 14.3. The molecular formula is C16H10I2O. The second-order valence-corrected chi connectivity index (χ2v) is 6.45. The molecular weight excluding hydrogens is 462 g/mol. The minimum absolute atomic E-state index is 0.898. The van der Waals surface area contributed by atoms with E-state index in [1.165, 1.54) is 14.3 Å². The topological polar surface area (TPSA) is 9.23 Å². The summed E-state index contributed by atoms with van der Waals surface area (Å²) in [7, 11) is 0. The highest BCUT2D eigenvalue weighted by atomic mass is 127. The highest BCUT2D eigenvalue weighted by Gasteiger charge is 2.08. The van der Waals surface area contributed by atoms with Crippen molar-refractivity contribution in [3.8, 4) is 11.5 Å². The first-order chi connectivity index (χ1) is 9.25. The Hall–Kier alpha value is -0.820. The Bertz CT molecular complexity index is 732. The van der Waals surface area contributed by atoms with E-state index in [1.54, 1.807) is 0 Å². The quantitative estimate of drug-likeness (QED) is 0.426. The van der Waals surface area contributed by atoms with Crippen molar-refractivity contribution in [2.45, 2.75) is 0 Å². The van der Waals surface area contributed by atoms with E-state index in [9.17, 15) is 0 Å². The second kappa shape index (κ2) is 5.66. The van der Waals surface area contributed by atoms with Crippen LogP contribution >= 0.6 is 45.2 Å². The predicted octanol–water partition coefficient (Wildman–Crippen LogP) is 5.84. The third-order valence-electron chi connectivity index (χ3n) is 2.87. The molecule has 3 heteroatoms. The molecule has 1 nitrogen and oxygen atoms in total. The van der Waals surface area contributed by atoms with Gasteiger partial charge in [0, 0.05) is 8.96 Å². The second-order valence-electron chi connectivity index (χ2n) is 4.13. The van der Waals surface area contributed by atoms with Gasteiger partial charge in [-0.3, -0.25) is 0 Å². The molecule has 0 heterocycles. The number of para-hydroxylation sites is 1. The van der Waals surface area contributed by atoms with Gasteiger partial charge in [-0.15, -0.1) is 0 Å². The van der Waals surface area contributed by atoms with Crippen LogP contribution in [0.4, 0.5) is 0 Å². The number of fused-ring (bicyclic) bond motifs is 1. The van der Waals surface area contributed by atoms with Gasteiger partial charge in [0.05, 0.1) is 3.57 Å². The summed E-state index contributed by atoms with van der Waals surface area (Å²) in [5.41, 5.74) is 0. The molecule has 0 aromatic heterocycles. The van der Waals surface area contributed by atoms with Gasteiger partial charge in [-0.05, 0) is 74.8 Å². The lowest BCUT2D eigenvalue weighted by molar-refractivity contribution is 0.484. The van der Waals surface area contributed by atoms with E-state index < -0.39 is 0 Å². The summed E-state index contributed by atoms with van der Waals surface area (Å²) in [5, 5.41) is 2.38. The molecule has 0 aliphatic carbocycles. The van der Waals surface area contributed by atoms with Crippen molar-refractivity contribution < 1.29 is 4.74 Å². The molecule has 3 aromatic rings. The Labute approximate surface area is 139 Å². The fraction of sp³-hybridized carbons (Fsp3) is 0. The van der Waals surface area contributed by atoms with Crippen molar-refractivity contribution in [2.24, 2.45) is 0 Å². The number of halogens is 2. The molecule has 0 bridgehead atoms. The van der Waals surface area contributed by atoms with Crippen LogP contribution in [-0.2, 0) is 0 Å². The van der Waals surface area contributed by atoms with Gasteiger partial charge in [-0.25, -0.2) is 0 Å². The Morgan fingerprint density at radius 2 is 1.26 bits per heavy atom. The third-order valence-corrected chi connectivity index (χ3v) is 4.66. The molecule has 0 radical (unpaired) electrons. The van der Waals surface area contributed by atoms with Crippen LogP contribution in [0.15, 0.2) is 60.7 Å². The summed E-state index contributed by atoms with van der Waals surface area (Å²) in [5.74, 6) is 1.81. The first-order valence-corrected chi connectivity index (χ1v) is 8.01. The van der Waals surface area contributed by atoms with E-state index in [0.29, 0.717) is 0 Å². The van der Waals surface area contributed by atoms with E-state index in [-0.39, 0.29) is 0 Å². The number of hydrogen-bond donors (Lipinski definition) is 0. The fourth-order valence-corrected chi connectivity index (χ4v) is 3.28. The molecule has 0 unspecified atom stereocenters. The Kier molecular flexibility index (Phi) is 3.93. The number of benzene rings is 3. The van der Waals surface area contributed by atoms with Crippen LogP contribution < -0.4 is 4.74 Å². The van der Waals surface area contributed by atoms with E-state index in [0.717, 1.165) is 15.1 Å². The van der Waals surface area contributed by atoms with E-state index >= 15 is 0 Å². The standard InChI is InChI=1S/C16H10I2O/c17-12-7-1-2-9-14(12)19-15-10-4-6-11-5-3-8-13(18)16(11)15/h1-10H. The molecule has 0 amide bonds. The molecule has 0 saturated carbocycles. The number of ether oxygens (including phenoxy) is 1. The Morgan fingerprint density at radius 1 is 0.632 bits per heavy atom. The van der Waals surface area contributed by atoms with Gasteiger partial charge in [0.25, 0.3) is 0 Å². The molecule has 0 N–H and O–H groups in total. The lowest BCUT2D eigenvalue weighted by Gasteiger charge is -2.11. The van der Waals surface area contributed by atoms with Crippen molar-refractivity contribution in [1.82, 2.24) is 0 Å². The molecule has 3 aromatic carbocycles. The lowest BCUT2D eigenvalue weighted by atomic mass is 10.1. The largest absolute Gasteiger partial charge is 0.456 e. The average Bonchev–Trinajstić information content (AvgIpc) is 2.42. The van der Waals surface area contributed by atoms with Crippen LogP contribution in [0.1, 0.15) is 0 Å². The molecule has 0 aliphatic heterocycles. The first kappa shape index (κ1) is 13.2. The molecule has 0 atom stereocenters. The molecule has 19 heavy (non-hydrogen) atoms. The van der Waals surface area contributed by atoms with Gasteiger partial charge >= 0.3 is 0 Å². The number of hydrogen-bond acceptors (Lipinski definition) is 1. The van der Waals surface area contributed by atoms with Crippen molar-refractivity contribution in [1.29, 1.82) is 0 Å². The normalized spacial score (nSPS) is 10.6. The zero-order valence-electron chi connectivity index (χ0n) is 9.94. The van der Waals surface area contributed by atoms with Crippen LogP contribution in [-0.4, -0.2) is 0 Å². The summed E-state index contributed by atoms with van der Waals surface area (Å²) >= 11 is 4.65. The van der Waals surface area contributed by atoms with Crippen LogP contribution in [0.25, 0.3) is 10.8 Å². The number of rotatable bonds is 2. The lowest BCUT2D eigenvalue weighted by Crippen LogP contribution is -1.89. The van der Waals surface area contributed by atoms with Crippen molar-refractivity contribution in [2.75, 3.05) is 0 Å². The predicted molar refractivity (Wildman–Crippen MR) is 95.9 cm³/mol. The van der Waals surface area contributed by atoms with E-state index in [2.05, 4.69) is 69.4 Å². The molecule has 0 aliphatic rings. The van der Waals surface area contributed by atoms with E-state index in [1.807, 2.05) is 36.4 Å². The maximum Gasteiger partial charge on any atom is 0.140 e. The summed E-state index contributed by atoms with van der Waals surface area (Å²) in [4.78, 5) is 0. The van der Waals surface area contributed by atoms with Gasteiger partial charge in [0.2, 0.25) is 0 Å². The van der Waals surface area contributed by atoms with Crippen molar-refractivity contribution >= 4 is 56.0 Å². The zero-order chi connectivity index (χ0) is 13.2. The van der Waals surface area contributed by atoms with Crippen LogP contribution in [0.3, 0.4) is 0 Å². The smallest absolute Gasteiger partial charge is 0.140 e. The maximum absolute atomic E-state index is 6.09. The molecule has 0 saturated heterocycles. The van der Waals surface area contributed by atoms with Crippen molar-refractivity contribution in [3.05, 3.63) is 67.8 Å². The van der Waals surface area contributed by atoms with Crippen LogP contribution in [0.2, 0.25) is 0 Å². The maximum atomic E-state index is 6.09. The molecule has 3 rings (SSSR count). The van der Waals surface area contributed by atoms with Gasteiger partial charge in [0.1, 0.15) is 11.5 Å². The Morgan fingerprint density at radius 3 is 2.05 bits per heavy atom. The van der Waals surface area contributed by atoms with Crippen LogP contribution in [0, 0.1) is 7.14 Å². The van der Waals surface area contributed by atoms with Gasteiger partial charge in [0.15, 0.2) is 0 Å². The summed E-state index contributed by atoms with van der Waals surface area (Å²) in [6, 6.07) is 20.5. The highest BCUT2D eigenvalue weighted by molar-refractivity contribution is 14.1. The molecule has 94 valence electrons. The molecule has 0 fully saturated rings. The summed E-state index contributed by atoms with van der Waals surface area (Å²) < 4.78 is 8.41.